The second-order valence-electron chi connectivity index (χ2n) is 3.04. The van der Waals surface area contributed by atoms with E-state index in [-0.39, 0.29) is 0 Å². The van der Waals surface area contributed by atoms with E-state index >= 15 is 0 Å². The number of hydrogen-bond donors (Lipinski definition) is 1. The molecule has 1 N–H and O–H groups in total. The van der Waals surface area contributed by atoms with Gasteiger partial charge in [0.15, 0.2) is 0 Å². The van der Waals surface area contributed by atoms with Crippen molar-refractivity contribution in [3.05, 3.63) is 34.9 Å². The van der Waals surface area contributed by atoms with Crippen LogP contribution in [0.25, 0.3) is 0 Å². The zero-order chi connectivity index (χ0) is 10.7. The number of benzene rings is 1. The predicted molar refractivity (Wildman–Crippen MR) is 55.3 cm³/mol. The summed E-state index contributed by atoms with van der Waals surface area (Å²) in [6.07, 6.45) is 0. The van der Waals surface area contributed by atoms with Crippen molar-refractivity contribution in [2.45, 2.75) is 13.8 Å². The topological polar surface area (TPSA) is 49.7 Å². The number of carbonyl (C=O) groups excluding carboxylic acids is 1. The molecule has 0 aliphatic heterocycles. The van der Waals surface area contributed by atoms with E-state index in [0.29, 0.717) is 5.56 Å². The van der Waals surface area contributed by atoms with Gasteiger partial charge < -0.3 is 5.21 Å². The molecule has 14 heavy (non-hydrogen) atoms. The molecule has 0 aliphatic rings. The molecule has 0 spiro atoms. The molecule has 0 saturated carbocycles. The first kappa shape index (κ1) is 10.7. The number of hydrogen-bond acceptors (Lipinski definition) is 3. The van der Waals surface area contributed by atoms with Crippen LogP contribution >= 0.6 is 11.6 Å². The van der Waals surface area contributed by atoms with Crippen molar-refractivity contribution in [3.8, 4) is 0 Å². The highest BCUT2D eigenvalue weighted by molar-refractivity contribution is 6.84. The summed E-state index contributed by atoms with van der Waals surface area (Å²) in [6.45, 7) is 3.74. The Morgan fingerprint density at radius 2 is 2.07 bits per heavy atom. The second-order valence-corrected chi connectivity index (χ2v) is 3.40. The maximum Gasteiger partial charge on any atom is 0.226 e. The Balaban J connectivity index is 3.14. The maximum atomic E-state index is 11.5. The van der Waals surface area contributed by atoms with Gasteiger partial charge in [-0.3, -0.25) is 4.79 Å². The molecule has 0 fully saturated rings. The number of aryl methyl sites for hydroxylation is 2. The monoisotopic (exact) mass is 211 g/mol. The molecule has 4 heteroatoms. The van der Waals surface area contributed by atoms with E-state index < -0.39 is 11.0 Å². The van der Waals surface area contributed by atoms with Gasteiger partial charge >= 0.3 is 0 Å². The highest BCUT2D eigenvalue weighted by atomic mass is 35.5. The summed E-state index contributed by atoms with van der Waals surface area (Å²) in [7, 11) is 0. The Bertz CT molecular complexity index is 399. The normalized spacial score (nSPS) is 11.5. The van der Waals surface area contributed by atoms with Crippen molar-refractivity contribution < 1.29 is 10.0 Å². The molecule has 0 radical (unpaired) electrons. The highest BCUT2D eigenvalue weighted by Gasteiger charge is 2.14. The molecular formula is C10H10ClNO2. The van der Waals surface area contributed by atoms with Crippen LogP contribution in [0.3, 0.4) is 0 Å². The van der Waals surface area contributed by atoms with E-state index in [2.05, 4.69) is 5.16 Å². The molecule has 0 amide bonds. The molecule has 0 bridgehead atoms. The summed E-state index contributed by atoms with van der Waals surface area (Å²) >= 11 is 5.41. The Kier molecular flexibility index (Phi) is 3.25. The van der Waals surface area contributed by atoms with E-state index in [1.807, 2.05) is 26.0 Å². The number of rotatable bonds is 2. The van der Waals surface area contributed by atoms with Crippen LogP contribution in [0.15, 0.2) is 23.4 Å². The Morgan fingerprint density at radius 3 is 2.57 bits per heavy atom. The molecule has 0 aromatic heterocycles. The summed E-state index contributed by atoms with van der Waals surface area (Å²) in [4.78, 5) is 11.5. The van der Waals surface area contributed by atoms with Gasteiger partial charge in [0.05, 0.1) is 0 Å². The lowest BCUT2D eigenvalue weighted by atomic mass is 10.0. The average molecular weight is 212 g/mol. The highest BCUT2D eigenvalue weighted by Crippen LogP contribution is 2.12. The van der Waals surface area contributed by atoms with E-state index in [1.54, 1.807) is 6.07 Å². The molecule has 0 heterocycles. The summed E-state index contributed by atoms with van der Waals surface area (Å²) in [5, 5.41) is 10.6. The van der Waals surface area contributed by atoms with Crippen LogP contribution in [0, 0.1) is 13.8 Å². The minimum absolute atomic E-state index is 0.419. The van der Waals surface area contributed by atoms with E-state index in [0.717, 1.165) is 11.1 Å². The largest absolute Gasteiger partial charge is 0.410 e. The van der Waals surface area contributed by atoms with Crippen molar-refractivity contribution in [2.24, 2.45) is 5.16 Å². The van der Waals surface area contributed by atoms with Crippen LogP contribution < -0.4 is 0 Å². The van der Waals surface area contributed by atoms with Gasteiger partial charge in [0.1, 0.15) is 0 Å². The fourth-order valence-electron chi connectivity index (χ4n) is 1.22. The van der Waals surface area contributed by atoms with Crippen LogP contribution in [-0.4, -0.2) is 16.2 Å². The van der Waals surface area contributed by atoms with Crippen LogP contribution in [0.2, 0.25) is 0 Å². The smallest absolute Gasteiger partial charge is 0.226 e. The number of oxime groups is 1. The van der Waals surface area contributed by atoms with Gasteiger partial charge in [-0.15, -0.1) is 0 Å². The molecule has 1 aromatic rings. The SMILES string of the molecule is Cc1ccc(C(=O)/C(Cl)=N/O)c(C)c1. The fraction of sp³-hybridized carbons (Fsp3) is 0.200. The predicted octanol–water partition coefficient (Wildman–Crippen LogP) is 2.51. The first-order valence-electron chi connectivity index (χ1n) is 4.05. The number of Topliss-reactive ketones (excluding diaryl/α,β-unsaturated/α-hetero) is 1. The minimum Gasteiger partial charge on any atom is -0.410 e. The van der Waals surface area contributed by atoms with Crippen molar-refractivity contribution >= 4 is 22.6 Å². The first-order valence-corrected chi connectivity index (χ1v) is 4.43. The van der Waals surface area contributed by atoms with E-state index in [4.69, 9.17) is 16.8 Å². The summed E-state index contributed by atoms with van der Waals surface area (Å²) < 4.78 is 0. The third-order valence-electron chi connectivity index (χ3n) is 1.90. The van der Waals surface area contributed by atoms with Crippen LogP contribution in [0.5, 0.6) is 0 Å². The van der Waals surface area contributed by atoms with Crippen LogP contribution in [-0.2, 0) is 0 Å². The van der Waals surface area contributed by atoms with Gasteiger partial charge in [-0.2, -0.15) is 0 Å². The Morgan fingerprint density at radius 1 is 1.43 bits per heavy atom. The van der Waals surface area contributed by atoms with Gasteiger partial charge in [0.25, 0.3) is 0 Å². The van der Waals surface area contributed by atoms with Gasteiger partial charge in [0.2, 0.25) is 11.0 Å². The van der Waals surface area contributed by atoms with Crippen molar-refractivity contribution in [3.63, 3.8) is 0 Å². The van der Waals surface area contributed by atoms with Gasteiger partial charge in [-0.05, 0) is 19.4 Å². The zero-order valence-corrected chi connectivity index (χ0v) is 8.67. The van der Waals surface area contributed by atoms with Gasteiger partial charge in [0, 0.05) is 5.56 Å². The maximum absolute atomic E-state index is 11.5. The molecule has 0 atom stereocenters. The number of ketones is 1. The first-order chi connectivity index (χ1) is 6.56. The number of nitrogens with zero attached hydrogens (tertiary/aromatic N) is 1. The second kappa shape index (κ2) is 4.24. The average Bonchev–Trinajstić information content (AvgIpc) is 2.15. The van der Waals surface area contributed by atoms with Crippen molar-refractivity contribution in [1.29, 1.82) is 0 Å². The number of halogens is 1. The van der Waals surface area contributed by atoms with Gasteiger partial charge in [-0.25, -0.2) is 0 Å². The lowest BCUT2D eigenvalue weighted by molar-refractivity contribution is 0.106. The molecular weight excluding hydrogens is 202 g/mol. The van der Waals surface area contributed by atoms with Gasteiger partial charge in [-0.1, -0.05) is 40.5 Å². The quantitative estimate of drug-likeness (QED) is 0.354. The molecule has 0 aliphatic carbocycles. The van der Waals surface area contributed by atoms with E-state index in [9.17, 15) is 4.79 Å². The van der Waals surface area contributed by atoms with Crippen LogP contribution in [0.1, 0.15) is 21.5 Å². The molecule has 1 aromatic carbocycles. The molecule has 3 nitrogen and oxygen atoms in total. The fourth-order valence-corrected chi connectivity index (χ4v) is 1.33. The Labute approximate surface area is 87.0 Å². The summed E-state index contributed by atoms with van der Waals surface area (Å²) in [6, 6.07) is 5.34. The third kappa shape index (κ3) is 2.12. The molecule has 74 valence electrons. The van der Waals surface area contributed by atoms with Crippen molar-refractivity contribution in [1.82, 2.24) is 0 Å². The lowest BCUT2D eigenvalue weighted by Crippen LogP contribution is -2.09. The third-order valence-corrected chi connectivity index (χ3v) is 2.15. The van der Waals surface area contributed by atoms with Crippen molar-refractivity contribution in [2.75, 3.05) is 0 Å². The van der Waals surface area contributed by atoms with Crippen LogP contribution in [0.4, 0.5) is 0 Å². The summed E-state index contributed by atoms with van der Waals surface area (Å²) in [5.74, 6) is -0.466. The lowest BCUT2D eigenvalue weighted by Gasteiger charge is -2.03. The number of carbonyl (C=O) groups is 1. The Hall–Kier alpha value is -1.35. The summed E-state index contributed by atoms with van der Waals surface area (Å²) in [5.41, 5.74) is 2.34. The standard InChI is InChI=1S/C10H10ClNO2/c1-6-3-4-8(7(2)5-6)9(13)10(11)12-14/h3-5,14H,1-2H3/b12-10-. The molecule has 0 unspecified atom stereocenters. The minimum atomic E-state index is -0.466. The van der Waals surface area contributed by atoms with E-state index in [1.165, 1.54) is 0 Å². The zero-order valence-electron chi connectivity index (χ0n) is 7.91. The molecule has 0 saturated heterocycles. The molecule has 1 rings (SSSR count).